The predicted molar refractivity (Wildman–Crippen MR) is 83.8 cm³/mol. The molecule has 4 nitrogen and oxygen atoms in total. The van der Waals surface area contributed by atoms with E-state index < -0.39 is 5.76 Å². The Morgan fingerprint density at radius 1 is 1.19 bits per heavy atom. The molecule has 3 rings (SSSR count). The Labute approximate surface area is 129 Å². The summed E-state index contributed by atoms with van der Waals surface area (Å²) in [6.45, 7) is 1.89. The lowest BCUT2D eigenvalue weighted by Crippen LogP contribution is -2.08. The van der Waals surface area contributed by atoms with Crippen LogP contribution >= 0.6 is 15.9 Å². The zero-order valence-corrected chi connectivity index (χ0v) is 13.1. The van der Waals surface area contributed by atoms with Gasteiger partial charge in [-0.15, -0.1) is 0 Å². The molecule has 1 heterocycles. The number of carbonyl (C=O) groups excluding carboxylic acids is 1. The number of hydrogen-bond acceptors (Lipinski definition) is 3. The van der Waals surface area contributed by atoms with Crippen molar-refractivity contribution in [1.82, 2.24) is 4.57 Å². The van der Waals surface area contributed by atoms with Crippen LogP contribution in [0.2, 0.25) is 0 Å². The first-order chi connectivity index (χ1) is 9.97. The zero-order valence-electron chi connectivity index (χ0n) is 11.5. The van der Waals surface area contributed by atoms with E-state index in [4.69, 9.17) is 4.42 Å². The van der Waals surface area contributed by atoms with Crippen LogP contribution in [0.15, 0.2) is 50.1 Å². The molecule has 0 aliphatic carbocycles. The molecular weight excluding hydrogens is 334 g/mol. The van der Waals surface area contributed by atoms with Crippen molar-refractivity contribution < 1.29 is 9.21 Å². The molecule has 106 valence electrons. The molecule has 0 unspecified atom stereocenters. The van der Waals surface area contributed by atoms with Crippen LogP contribution in [0.5, 0.6) is 0 Å². The van der Waals surface area contributed by atoms with Crippen molar-refractivity contribution >= 4 is 32.8 Å². The molecule has 5 heteroatoms. The molecule has 0 atom stereocenters. The van der Waals surface area contributed by atoms with E-state index in [1.54, 1.807) is 31.3 Å². The fourth-order valence-electron chi connectivity index (χ4n) is 2.31. The van der Waals surface area contributed by atoms with Crippen molar-refractivity contribution in [2.75, 3.05) is 0 Å². The highest BCUT2D eigenvalue weighted by Crippen LogP contribution is 2.21. The van der Waals surface area contributed by atoms with Crippen molar-refractivity contribution in [3.63, 3.8) is 0 Å². The van der Waals surface area contributed by atoms with Gasteiger partial charge in [-0.2, -0.15) is 0 Å². The number of carbonyl (C=O) groups is 1. The van der Waals surface area contributed by atoms with E-state index in [0.29, 0.717) is 22.2 Å². The molecule has 0 saturated heterocycles. The lowest BCUT2D eigenvalue weighted by molar-refractivity contribution is 0.103. The molecule has 0 saturated carbocycles. The normalized spacial score (nSPS) is 11.0. The van der Waals surface area contributed by atoms with Gasteiger partial charge in [-0.1, -0.05) is 15.9 Å². The number of aryl methyl sites for hydroxylation is 2. The molecule has 0 bridgehead atoms. The monoisotopic (exact) mass is 345 g/mol. The first-order valence-corrected chi connectivity index (χ1v) is 7.17. The van der Waals surface area contributed by atoms with Gasteiger partial charge in [-0.05, 0) is 48.9 Å². The Morgan fingerprint density at radius 2 is 1.95 bits per heavy atom. The quantitative estimate of drug-likeness (QED) is 0.668. The molecule has 21 heavy (non-hydrogen) atoms. The summed E-state index contributed by atoms with van der Waals surface area (Å²) in [4.78, 5) is 24.1. The van der Waals surface area contributed by atoms with Crippen molar-refractivity contribution in [2.45, 2.75) is 6.92 Å². The minimum atomic E-state index is -0.436. The zero-order chi connectivity index (χ0) is 15.1. The van der Waals surface area contributed by atoms with Crippen LogP contribution in [0.4, 0.5) is 0 Å². The van der Waals surface area contributed by atoms with Crippen molar-refractivity contribution in [2.24, 2.45) is 7.05 Å². The van der Waals surface area contributed by atoms with Crippen LogP contribution in [0.1, 0.15) is 21.5 Å². The number of ketones is 1. The topological polar surface area (TPSA) is 52.2 Å². The van der Waals surface area contributed by atoms with Gasteiger partial charge in [0.15, 0.2) is 11.4 Å². The molecule has 0 fully saturated rings. The highest BCUT2D eigenvalue weighted by molar-refractivity contribution is 9.10. The van der Waals surface area contributed by atoms with Crippen LogP contribution in [0.3, 0.4) is 0 Å². The Balaban J connectivity index is 2.11. The minimum Gasteiger partial charge on any atom is -0.408 e. The highest BCUT2D eigenvalue weighted by Gasteiger charge is 2.14. The third kappa shape index (κ3) is 2.34. The second-order valence-electron chi connectivity index (χ2n) is 4.90. The maximum atomic E-state index is 12.6. The summed E-state index contributed by atoms with van der Waals surface area (Å²) in [7, 11) is 1.63. The molecule has 0 radical (unpaired) electrons. The van der Waals surface area contributed by atoms with E-state index in [1.807, 2.05) is 19.1 Å². The van der Waals surface area contributed by atoms with Gasteiger partial charge in [-0.25, -0.2) is 4.79 Å². The molecule has 0 N–H and O–H groups in total. The summed E-state index contributed by atoms with van der Waals surface area (Å²) in [6.07, 6.45) is 0. The Kier molecular flexibility index (Phi) is 3.29. The number of benzene rings is 2. The lowest BCUT2D eigenvalue weighted by Gasteiger charge is -2.05. The summed E-state index contributed by atoms with van der Waals surface area (Å²) in [5.74, 6) is -0.525. The van der Waals surface area contributed by atoms with Crippen molar-refractivity contribution in [3.8, 4) is 0 Å². The van der Waals surface area contributed by atoms with Gasteiger partial charge in [0.1, 0.15) is 0 Å². The summed E-state index contributed by atoms with van der Waals surface area (Å²) in [6, 6.07) is 10.6. The number of halogens is 1. The number of fused-ring (bicyclic) bond motifs is 1. The second-order valence-corrected chi connectivity index (χ2v) is 5.81. The molecule has 0 spiro atoms. The standard InChI is InChI=1S/C16H12BrNO3/c1-9-7-11(17)4-5-12(9)15(19)10-3-6-13-14(8-10)21-16(20)18(13)2/h3-8H,1-2H3. The fourth-order valence-corrected chi connectivity index (χ4v) is 2.79. The van der Waals surface area contributed by atoms with Gasteiger partial charge in [0.25, 0.3) is 0 Å². The van der Waals surface area contributed by atoms with Crippen LogP contribution < -0.4 is 5.76 Å². The molecule has 0 aliphatic rings. The van der Waals surface area contributed by atoms with E-state index in [9.17, 15) is 9.59 Å². The number of rotatable bonds is 2. The summed E-state index contributed by atoms with van der Waals surface area (Å²) >= 11 is 3.38. The average Bonchev–Trinajstić information content (AvgIpc) is 2.73. The maximum Gasteiger partial charge on any atom is 0.419 e. The van der Waals surface area contributed by atoms with Crippen LogP contribution in [0.25, 0.3) is 11.1 Å². The van der Waals surface area contributed by atoms with Crippen molar-refractivity contribution in [3.05, 3.63) is 68.1 Å². The van der Waals surface area contributed by atoms with E-state index in [2.05, 4.69) is 15.9 Å². The Morgan fingerprint density at radius 3 is 2.67 bits per heavy atom. The van der Waals surface area contributed by atoms with E-state index >= 15 is 0 Å². The van der Waals surface area contributed by atoms with Gasteiger partial charge in [0.05, 0.1) is 5.52 Å². The number of nitrogens with zero attached hydrogens (tertiary/aromatic N) is 1. The van der Waals surface area contributed by atoms with Gasteiger partial charge in [0, 0.05) is 22.6 Å². The van der Waals surface area contributed by atoms with E-state index in [-0.39, 0.29) is 5.78 Å². The molecular formula is C16H12BrNO3. The Hall–Kier alpha value is -2.14. The maximum absolute atomic E-state index is 12.6. The molecule has 0 amide bonds. The SMILES string of the molecule is Cc1cc(Br)ccc1C(=O)c1ccc2c(c1)oc(=O)n2C. The van der Waals surface area contributed by atoms with Crippen LogP contribution in [0, 0.1) is 6.92 Å². The predicted octanol–water partition coefficient (Wildman–Crippen LogP) is 3.43. The largest absolute Gasteiger partial charge is 0.419 e. The fraction of sp³-hybridized carbons (Fsp3) is 0.125. The molecule has 3 aromatic rings. The van der Waals surface area contributed by atoms with E-state index in [1.165, 1.54) is 4.57 Å². The summed E-state index contributed by atoms with van der Waals surface area (Å²) in [5.41, 5.74) is 3.12. The van der Waals surface area contributed by atoms with Gasteiger partial charge < -0.3 is 4.42 Å². The molecule has 1 aromatic heterocycles. The first-order valence-electron chi connectivity index (χ1n) is 6.38. The van der Waals surface area contributed by atoms with Gasteiger partial charge in [0.2, 0.25) is 0 Å². The first kappa shape index (κ1) is 13.8. The average molecular weight is 346 g/mol. The van der Waals surface area contributed by atoms with Gasteiger partial charge >= 0.3 is 5.76 Å². The highest BCUT2D eigenvalue weighted by atomic mass is 79.9. The third-order valence-corrected chi connectivity index (χ3v) is 3.98. The molecule has 2 aromatic carbocycles. The number of hydrogen-bond donors (Lipinski definition) is 0. The Bertz CT molecular complexity index is 921. The van der Waals surface area contributed by atoms with Crippen LogP contribution in [-0.4, -0.2) is 10.4 Å². The molecule has 0 aliphatic heterocycles. The summed E-state index contributed by atoms with van der Waals surface area (Å²) in [5, 5.41) is 0. The number of aromatic nitrogens is 1. The minimum absolute atomic E-state index is 0.0894. The van der Waals surface area contributed by atoms with Crippen LogP contribution in [-0.2, 0) is 7.05 Å². The lowest BCUT2D eigenvalue weighted by atomic mass is 9.99. The third-order valence-electron chi connectivity index (χ3n) is 3.49. The smallest absolute Gasteiger partial charge is 0.408 e. The van der Waals surface area contributed by atoms with Crippen molar-refractivity contribution in [1.29, 1.82) is 0 Å². The number of oxazole rings is 1. The van der Waals surface area contributed by atoms with Gasteiger partial charge in [-0.3, -0.25) is 9.36 Å². The summed E-state index contributed by atoms with van der Waals surface area (Å²) < 4.78 is 7.47. The second kappa shape index (κ2) is 5.00. The van der Waals surface area contributed by atoms with E-state index in [0.717, 1.165) is 10.0 Å².